The Labute approximate surface area is 368 Å². The number of methoxy groups -OCH3 is 1. The summed E-state index contributed by atoms with van der Waals surface area (Å²) in [6.45, 7) is 12.4. The molecule has 336 valence electrons. The molecule has 4 aromatic rings. The number of rotatable bonds is 4. The number of carbonyl (C=O) groups is 3. The number of para-hydroxylation sites is 1. The summed E-state index contributed by atoms with van der Waals surface area (Å²) in [4.78, 5) is 41.2. The Bertz CT molecular complexity index is 2660. The fourth-order valence-electron chi connectivity index (χ4n) is 8.19. The van der Waals surface area contributed by atoms with E-state index in [1.54, 1.807) is 39.8 Å². The molecule has 0 fully saturated rings. The van der Waals surface area contributed by atoms with Crippen molar-refractivity contribution >= 4 is 61.9 Å². The molecule has 4 heterocycles. The van der Waals surface area contributed by atoms with Crippen molar-refractivity contribution in [3.63, 3.8) is 0 Å². The highest BCUT2D eigenvalue weighted by Gasteiger charge is 2.50. The number of aliphatic hydroxyl groups is 2. The molecule has 9 atom stereocenters. The zero-order chi connectivity index (χ0) is 46.2. The van der Waals surface area contributed by atoms with Gasteiger partial charge in [0.15, 0.2) is 5.75 Å². The molecule has 0 radical (unpaired) electrons. The lowest BCUT2D eigenvalue weighted by molar-refractivity contribution is -0.160. The van der Waals surface area contributed by atoms with Crippen LogP contribution in [0.15, 0.2) is 70.6 Å². The first kappa shape index (κ1) is 46.5. The third-order valence-electron chi connectivity index (χ3n) is 12.1. The lowest BCUT2D eigenvalue weighted by Gasteiger charge is -2.38. The van der Waals surface area contributed by atoms with Gasteiger partial charge in [0.1, 0.15) is 23.4 Å². The maximum absolute atomic E-state index is 14.5. The van der Waals surface area contributed by atoms with Crippen molar-refractivity contribution in [3.8, 4) is 23.0 Å². The predicted molar refractivity (Wildman–Crippen MR) is 238 cm³/mol. The monoisotopic (exact) mass is 886 g/mol. The molecular formula is C46H54N4O12S. The minimum Gasteiger partial charge on any atom is -0.507 e. The third-order valence-corrected chi connectivity index (χ3v) is 13.2. The fraction of sp³-hybridized carbons (Fsp3) is 0.413. The topological polar surface area (TPSA) is 231 Å². The summed E-state index contributed by atoms with van der Waals surface area (Å²) in [7, 11) is 3.24. The van der Waals surface area contributed by atoms with Crippen LogP contribution in [0.4, 0.5) is 5.69 Å². The maximum atomic E-state index is 14.5. The molecular weight excluding hydrogens is 833 g/mol. The molecule has 0 saturated heterocycles. The number of amides is 1. The van der Waals surface area contributed by atoms with Gasteiger partial charge in [0.05, 0.1) is 63.2 Å². The standard InChI is InChI=1S/C46H54N4O12S/c1-21-14-13-15-22(2)44(58)48-35-28(20-47-49-45-50(9)29-16-11-12-17-31(29)63-45)39(55)32-33(40(35)56)38(54)26(6)42-34(32)43(57)46(8,62-42)60-19-18-30(59-10)23(3)41(61-27(7)51)25(5)37(53)24(4)36(21)52/h11-21,23-25,30,36-37,41,52-56H,1-10H3,(H,48,58)/b14-13+,19-18+,22-15+,47-20?,49-45-. The number of ketones is 1. The molecule has 1 aromatic heterocycles. The Balaban J connectivity index is 1.55. The number of nitrogens with zero attached hydrogens (tertiary/aromatic N) is 3. The van der Waals surface area contributed by atoms with Gasteiger partial charge in [0.2, 0.25) is 4.80 Å². The summed E-state index contributed by atoms with van der Waals surface area (Å²) < 4.78 is 26.4. The Hall–Kier alpha value is -6.01. The first-order valence-electron chi connectivity index (χ1n) is 20.4. The summed E-state index contributed by atoms with van der Waals surface area (Å²) in [6.07, 6.45) is 4.55. The number of carbonyl (C=O) groups excluding carboxylic acids is 3. The molecule has 9 unspecified atom stereocenters. The van der Waals surface area contributed by atoms with E-state index in [0.29, 0.717) is 4.80 Å². The molecule has 0 saturated carbocycles. The van der Waals surface area contributed by atoms with E-state index in [0.717, 1.165) is 16.4 Å². The average molecular weight is 887 g/mol. The lowest BCUT2D eigenvalue weighted by Crippen LogP contribution is -2.46. The van der Waals surface area contributed by atoms with Crippen LogP contribution >= 0.6 is 11.3 Å². The van der Waals surface area contributed by atoms with E-state index in [4.69, 9.17) is 18.9 Å². The molecule has 3 aromatic carbocycles. The SMILES string of the molecule is COC1/C=C/OC2(C)Oc3c(C)c(O)c4c(O)c(c(C=N/N=c5\sc6ccccc6n5C)c(O)c4c3C2=O)NC(=O)/C(C)=C/C=C/C(C)C(O)C(C)C(O)C(C)C(OC(C)=O)C1C. The zero-order valence-corrected chi connectivity index (χ0v) is 37.6. The molecule has 5 bridgehead atoms. The molecule has 1 amide bonds. The minimum absolute atomic E-state index is 0.0280. The van der Waals surface area contributed by atoms with Crippen LogP contribution in [0.1, 0.15) is 70.0 Å². The number of anilines is 1. The van der Waals surface area contributed by atoms with E-state index in [9.17, 15) is 39.9 Å². The second kappa shape index (κ2) is 18.4. The van der Waals surface area contributed by atoms with Crippen molar-refractivity contribution in [3.05, 3.63) is 81.9 Å². The number of aryl methyl sites for hydroxylation is 1. The second-order valence-corrected chi connectivity index (χ2v) is 17.4. The lowest BCUT2D eigenvalue weighted by atomic mass is 9.78. The van der Waals surface area contributed by atoms with Crippen molar-refractivity contribution in [2.45, 2.75) is 85.6 Å². The number of phenolic OH excluding ortho intramolecular Hbond substituents is 3. The number of fused-ring (bicyclic) bond motifs is 15. The van der Waals surface area contributed by atoms with Crippen molar-refractivity contribution in [2.75, 3.05) is 12.4 Å². The van der Waals surface area contributed by atoms with Crippen LogP contribution in [0.3, 0.4) is 0 Å². The van der Waals surface area contributed by atoms with Gasteiger partial charge in [-0.1, -0.05) is 69.4 Å². The highest BCUT2D eigenvalue weighted by atomic mass is 32.1. The Morgan fingerprint density at radius 3 is 2.33 bits per heavy atom. The van der Waals surface area contributed by atoms with E-state index in [2.05, 4.69) is 15.5 Å². The van der Waals surface area contributed by atoms with Crippen LogP contribution in [0.25, 0.3) is 21.0 Å². The number of hydrogen-bond acceptors (Lipinski definition) is 15. The number of allylic oxidation sites excluding steroid dienone is 2. The van der Waals surface area contributed by atoms with Crippen LogP contribution in [0.5, 0.6) is 23.0 Å². The van der Waals surface area contributed by atoms with E-state index < -0.39 is 88.8 Å². The van der Waals surface area contributed by atoms with Crippen LogP contribution in [0, 0.1) is 30.6 Å². The number of esters is 1. The number of thiazole rings is 1. The van der Waals surface area contributed by atoms with Crippen molar-refractivity contribution < 1.29 is 58.9 Å². The zero-order valence-electron chi connectivity index (χ0n) is 36.7. The summed E-state index contributed by atoms with van der Waals surface area (Å²) in [6, 6.07) is 7.64. The van der Waals surface area contributed by atoms with Crippen molar-refractivity contribution in [2.24, 2.45) is 40.9 Å². The Morgan fingerprint density at radius 1 is 0.968 bits per heavy atom. The molecule has 6 N–H and O–H groups in total. The molecule has 7 rings (SSSR count). The highest BCUT2D eigenvalue weighted by molar-refractivity contribution is 7.16. The predicted octanol–water partition coefficient (Wildman–Crippen LogP) is 6.24. The second-order valence-electron chi connectivity index (χ2n) is 16.4. The number of benzene rings is 3. The number of Topliss-reactive ketones (excluding diaryl/α,β-unsaturated/α-hetero) is 1. The van der Waals surface area contributed by atoms with Gasteiger partial charge >= 0.3 is 11.8 Å². The van der Waals surface area contributed by atoms with Gasteiger partial charge in [-0.15, -0.1) is 5.10 Å². The van der Waals surface area contributed by atoms with Gasteiger partial charge in [0, 0.05) is 68.2 Å². The quantitative estimate of drug-likeness (QED) is 0.0440. The molecule has 3 aliphatic heterocycles. The van der Waals surface area contributed by atoms with Crippen LogP contribution in [-0.4, -0.2) is 91.3 Å². The normalized spacial score (nSPS) is 29.4. The fourth-order valence-corrected chi connectivity index (χ4v) is 9.16. The summed E-state index contributed by atoms with van der Waals surface area (Å²) >= 11 is 1.36. The van der Waals surface area contributed by atoms with Crippen LogP contribution < -0.4 is 14.9 Å². The molecule has 3 aliphatic rings. The van der Waals surface area contributed by atoms with Gasteiger partial charge in [-0.2, -0.15) is 5.10 Å². The summed E-state index contributed by atoms with van der Waals surface area (Å²) in [5, 5.41) is 69.3. The Morgan fingerprint density at radius 2 is 1.67 bits per heavy atom. The summed E-state index contributed by atoms with van der Waals surface area (Å²) in [5.74, 6) is -8.73. The minimum atomic E-state index is -2.08. The van der Waals surface area contributed by atoms with E-state index in [-0.39, 0.29) is 44.5 Å². The van der Waals surface area contributed by atoms with Gasteiger partial charge < -0.3 is 54.4 Å². The van der Waals surface area contributed by atoms with Crippen LogP contribution in [-0.2, 0) is 30.8 Å². The molecule has 17 heteroatoms. The van der Waals surface area contributed by atoms with Gasteiger partial charge in [-0.25, -0.2) is 0 Å². The molecule has 16 nitrogen and oxygen atoms in total. The largest absolute Gasteiger partial charge is 0.507 e. The third kappa shape index (κ3) is 8.70. The number of aromatic nitrogens is 1. The average Bonchev–Trinajstić information content (AvgIpc) is 3.71. The maximum Gasteiger partial charge on any atom is 0.312 e. The van der Waals surface area contributed by atoms with Gasteiger partial charge in [-0.05, 0) is 32.1 Å². The Kier molecular flexibility index (Phi) is 13.6. The van der Waals surface area contributed by atoms with Gasteiger partial charge in [-0.3, -0.25) is 14.4 Å². The van der Waals surface area contributed by atoms with E-state index in [1.165, 1.54) is 64.6 Å². The van der Waals surface area contributed by atoms with Crippen molar-refractivity contribution in [1.82, 2.24) is 4.57 Å². The molecule has 0 spiro atoms. The number of nitrogens with one attached hydrogen (secondary N) is 1. The molecule has 63 heavy (non-hydrogen) atoms. The first-order valence-corrected chi connectivity index (χ1v) is 21.2. The first-order chi connectivity index (χ1) is 29.7. The number of ether oxygens (including phenoxy) is 4. The molecule has 0 aliphatic carbocycles. The number of aliphatic hydroxyl groups excluding tert-OH is 2. The number of hydrogen-bond donors (Lipinski definition) is 6. The van der Waals surface area contributed by atoms with E-state index >= 15 is 0 Å². The number of aromatic hydroxyl groups is 3. The van der Waals surface area contributed by atoms with Crippen molar-refractivity contribution in [1.29, 1.82) is 0 Å². The smallest absolute Gasteiger partial charge is 0.312 e. The van der Waals surface area contributed by atoms with Crippen LogP contribution in [0.2, 0.25) is 0 Å². The van der Waals surface area contributed by atoms with E-state index in [1.807, 2.05) is 35.9 Å². The summed E-state index contributed by atoms with van der Waals surface area (Å²) in [5.41, 5.74) is 0.257. The highest BCUT2D eigenvalue weighted by Crippen LogP contribution is 2.55. The number of phenols is 3. The van der Waals surface area contributed by atoms with Gasteiger partial charge in [0.25, 0.3) is 11.7 Å².